The lowest BCUT2D eigenvalue weighted by Gasteiger charge is -2.06. The minimum absolute atomic E-state index is 0.129. The lowest BCUT2D eigenvalue weighted by atomic mass is 10.2. The molecule has 1 aromatic heterocycles. The first-order valence-electron chi connectivity index (χ1n) is 9.78. The number of anilines is 1. The fourth-order valence-electron chi connectivity index (χ4n) is 3.05. The van der Waals surface area contributed by atoms with Crippen molar-refractivity contribution in [1.29, 1.82) is 0 Å². The highest BCUT2D eigenvalue weighted by molar-refractivity contribution is 6.09. The quantitative estimate of drug-likeness (QED) is 0.441. The van der Waals surface area contributed by atoms with Gasteiger partial charge in [0.15, 0.2) is 18.1 Å². The molecule has 9 heteroatoms. The van der Waals surface area contributed by atoms with Crippen LogP contribution in [0.3, 0.4) is 0 Å². The van der Waals surface area contributed by atoms with Crippen LogP contribution in [-0.4, -0.2) is 37.9 Å². The number of nitrogens with one attached hydrogen (secondary N) is 1. The molecular formula is C23H19NO8. The molecule has 1 aliphatic rings. The van der Waals surface area contributed by atoms with Crippen LogP contribution in [0.1, 0.15) is 23.0 Å². The van der Waals surface area contributed by atoms with Crippen LogP contribution >= 0.6 is 0 Å². The van der Waals surface area contributed by atoms with Gasteiger partial charge in [0.2, 0.25) is 12.6 Å². The molecule has 0 spiro atoms. The average Bonchev–Trinajstić information content (AvgIpc) is 3.41. The zero-order chi connectivity index (χ0) is 22.5. The molecule has 32 heavy (non-hydrogen) atoms. The van der Waals surface area contributed by atoms with Gasteiger partial charge in [0, 0.05) is 11.5 Å². The molecule has 0 atom stereocenters. The number of carbonyl (C=O) groups excluding carboxylic acids is 3. The molecule has 0 saturated carbocycles. The molecule has 1 N–H and O–H groups in total. The number of hydrogen-bond acceptors (Lipinski definition) is 8. The second-order valence-electron chi connectivity index (χ2n) is 6.62. The zero-order valence-electron chi connectivity index (χ0n) is 17.1. The van der Waals surface area contributed by atoms with Crippen LogP contribution in [0.5, 0.6) is 11.5 Å². The van der Waals surface area contributed by atoms with E-state index in [0.29, 0.717) is 28.0 Å². The summed E-state index contributed by atoms with van der Waals surface area (Å²) in [5.41, 5.74) is 1.28. The minimum Gasteiger partial charge on any atom is -0.460 e. The lowest BCUT2D eigenvalue weighted by Crippen LogP contribution is -2.21. The largest absolute Gasteiger partial charge is 0.460 e. The Kier molecular flexibility index (Phi) is 6.07. The molecule has 0 unspecified atom stereocenters. The summed E-state index contributed by atoms with van der Waals surface area (Å²) in [6, 6.07) is 12.0. The van der Waals surface area contributed by atoms with E-state index in [1.807, 2.05) is 0 Å². The standard InChI is InChI=1S/C23H19NO8/c1-2-28-23(27)22-21(15-5-3-4-6-16(15)32-22)24-19(25)12-29-20(26)10-8-14-7-9-17-18(11-14)31-13-30-17/h3-11H,2,12-13H2,1H3,(H,24,25)/b10-8+. The van der Waals surface area contributed by atoms with Gasteiger partial charge in [0.25, 0.3) is 5.91 Å². The van der Waals surface area contributed by atoms with E-state index in [0.717, 1.165) is 0 Å². The van der Waals surface area contributed by atoms with Gasteiger partial charge in [-0.2, -0.15) is 0 Å². The second kappa shape index (κ2) is 9.25. The van der Waals surface area contributed by atoms with Crippen molar-refractivity contribution in [3.05, 3.63) is 59.9 Å². The van der Waals surface area contributed by atoms with Crippen LogP contribution in [0.4, 0.5) is 5.69 Å². The number of carbonyl (C=O) groups is 3. The first-order valence-corrected chi connectivity index (χ1v) is 9.78. The van der Waals surface area contributed by atoms with Crippen molar-refractivity contribution in [3.63, 3.8) is 0 Å². The van der Waals surface area contributed by atoms with Gasteiger partial charge in [0.1, 0.15) is 11.3 Å². The maximum atomic E-state index is 12.4. The van der Waals surface area contributed by atoms with E-state index in [9.17, 15) is 14.4 Å². The van der Waals surface area contributed by atoms with Crippen LogP contribution in [0.15, 0.2) is 53.0 Å². The number of hydrogen-bond donors (Lipinski definition) is 1. The number of esters is 2. The number of rotatable bonds is 7. The predicted molar refractivity (Wildman–Crippen MR) is 113 cm³/mol. The van der Waals surface area contributed by atoms with Gasteiger partial charge in [-0.1, -0.05) is 18.2 Å². The summed E-state index contributed by atoms with van der Waals surface area (Å²) in [6.45, 7) is 1.42. The highest BCUT2D eigenvalue weighted by Crippen LogP contribution is 2.33. The summed E-state index contributed by atoms with van der Waals surface area (Å²) in [5.74, 6) is -0.953. The maximum Gasteiger partial charge on any atom is 0.376 e. The number of para-hydroxylation sites is 1. The summed E-state index contributed by atoms with van der Waals surface area (Å²) >= 11 is 0. The summed E-state index contributed by atoms with van der Waals surface area (Å²) < 4.78 is 26.0. The average molecular weight is 437 g/mol. The maximum absolute atomic E-state index is 12.4. The molecule has 164 valence electrons. The molecule has 9 nitrogen and oxygen atoms in total. The Bertz CT molecular complexity index is 1210. The van der Waals surface area contributed by atoms with E-state index in [1.54, 1.807) is 49.4 Å². The van der Waals surface area contributed by atoms with E-state index in [4.69, 9.17) is 23.4 Å². The van der Waals surface area contributed by atoms with E-state index < -0.39 is 24.5 Å². The number of fused-ring (bicyclic) bond motifs is 2. The van der Waals surface area contributed by atoms with E-state index in [-0.39, 0.29) is 24.8 Å². The van der Waals surface area contributed by atoms with E-state index in [1.165, 1.54) is 12.2 Å². The van der Waals surface area contributed by atoms with Crippen molar-refractivity contribution in [3.8, 4) is 11.5 Å². The molecule has 1 amide bonds. The summed E-state index contributed by atoms with van der Waals surface area (Å²) in [6.07, 6.45) is 2.73. The van der Waals surface area contributed by atoms with Gasteiger partial charge in [-0.25, -0.2) is 9.59 Å². The van der Waals surface area contributed by atoms with Gasteiger partial charge in [0.05, 0.1) is 6.61 Å². The van der Waals surface area contributed by atoms with Crippen molar-refractivity contribution in [2.24, 2.45) is 0 Å². The first kappa shape index (κ1) is 21.0. The second-order valence-corrected chi connectivity index (χ2v) is 6.62. The van der Waals surface area contributed by atoms with Crippen molar-refractivity contribution in [2.45, 2.75) is 6.92 Å². The number of furan rings is 1. The van der Waals surface area contributed by atoms with Crippen LogP contribution in [0.25, 0.3) is 17.0 Å². The third-order valence-electron chi connectivity index (χ3n) is 4.47. The van der Waals surface area contributed by atoms with Crippen molar-refractivity contribution < 1.29 is 37.7 Å². The molecule has 0 saturated heterocycles. The Morgan fingerprint density at radius 3 is 2.72 bits per heavy atom. The highest BCUT2D eigenvalue weighted by atomic mass is 16.7. The number of amides is 1. The topological polar surface area (TPSA) is 113 Å². The SMILES string of the molecule is CCOC(=O)c1oc2ccccc2c1NC(=O)COC(=O)/C=C/c1ccc2c(c1)OCO2. The number of benzene rings is 2. The Hall–Kier alpha value is -4.27. The molecule has 0 bridgehead atoms. The first-order chi connectivity index (χ1) is 15.5. The summed E-state index contributed by atoms with van der Waals surface area (Å²) in [7, 11) is 0. The fourth-order valence-corrected chi connectivity index (χ4v) is 3.05. The Morgan fingerprint density at radius 1 is 1.06 bits per heavy atom. The van der Waals surface area contributed by atoms with Crippen molar-refractivity contribution in [1.82, 2.24) is 0 Å². The number of ether oxygens (including phenoxy) is 4. The van der Waals surface area contributed by atoms with Gasteiger partial charge in [-0.05, 0) is 42.8 Å². The molecule has 4 rings (SSSR count). The Labute approximate surface area is 182 Å². The third-order valence-corrected chi connectivity index (χ3v) is 4.47. The molecule has 0 radical (unpaired) electrons. The monoisotopic (exact) mass is 437 g/mol. The van der Waals surface area contributed by atoms with Crippen LogP contribution < -0.4 is 14.8 Å². The smallest absolute Gasteiger partial charge is 0.376 e. The summed E-state index contributed by atoms with van der Waals surface area (Å²) in [4.78, 5) is 36.5. The van der Waals surface area contributed by atoms with Crippen molar-refractivity contribution in [2.75, 3.05) is 25.3 Å². The van der Waals surface area contributed by atoms with E-state index >= 15 is 0 Å². The van der Waals surface area contributed by atoms with Crippen LogP contribution in [-0.2, 0) is 19.1 Å². The normalized spacial score (nSPS) is 12.2. The predicted octanol–water partition coefficient (Wildman–Crippen LogP) is 3.53. The van der Waals surface area contributed by atoms with Gasteiger partial charge >= 0.3 is 11.9 Å². The molecule has 0 fully saturated rings. The Morgan fingerprint density at radius 2 is 1.88 bits per heavy atom. The molecular weight excluding hydrogens is 418 g/mol. The minimum atomic E-state index is -0.708. The third kappa shape index (κ3) is 4.56. The van der Waals surface area contributed by atoms with Crippen molar-refractivity contribution >= 4 is 40.6 Å². The van der Waals surface area contributed by atoms with E-state index in [2.05, 4.69) is 5.32 Å². The summed E-state index contributed by atoms with van der Waals surface area (Å²) in [5, 5.41) is 3.09. The molecule has 0 aliphatic carbocycles. The Balaban J connectivity index is 1.38. The molecule has 2 heterocycles. The fraction of sp³-hybridized carbons (Fsp3) is 0.174. The van der Waals surface area contributed by atoms with Crippen LogP contribution in [0, 0.1) is 0 Å². The van der Waals surface area contributed by atoms with Gasteiger partial charge < -0.3 is 28.7 Å². The lowest BCUT2D eigenvalue weighted by molar-refractivity contribution is -0.142. The molecule has 3 aromatic rings. The highest BCUT2D eigenvalue weighted by Gasteiger charge is 2.23. The van der Waals surface area contributed by atoms with Crippen LogP contribution in [0.2, 0.25) is 0 Å². The molecule has 1 aliphatic heterocycles. The molecule has 2 aromatic carbocycles. The van der Waals surface area contributed by atoms with Gasteiger partial charge in [-0.3, -0.25) is 4.79 Å². The van der Waals surface area contributed by atoms with Gasteiger partial charge in [-0.15, -0.1) is 0 Å². The zero-order valence-corrected chi connectivity index (χ0v) is 17.1.